The number of amides is 1. The number of aryl methyl sites for hydroxylation is 1. The molecule has 5 heteroatoms. The number of benzene rings is 2. The molecule has 0 saturated carbocycles. The summed E-state index contributed by atoms with van der Waals surface area (Å²) in [5.74, 6) is -0.469. The van der Waals surface area contributed by atoms with Crippen LogP contribution in [0.2, 0.25) is 0 Å². The fourth-order valence-corrected chi connectivity index (χ4v) is 3.85. The number of pyridine rings is 1. The van der Waals surface area contributed by atoms with Gasteiger partial charge in [0.15, 0.2) is 0 Å². The first-order chi connectivity index (χ1) is 13.5. The fourth-order valence-electron chi connectivity index (χ4n) is 3.85. The SMILES string of the molecule is Cc1ccc(F)cc1CC(=O)N1C[C@@H](Cc2ccc3ccccc3n2)[C@H](O)C1. The average molecular weight is 378 g/mol. The lowest BCUT2D eigenvalue weighted by Crippen LogP contribution is -2.31. The maximum atomic E-state index is 13.5. The van der Waals surface area contributed by atoms with E-state index in [-0.39, 0.29) is 24.1 Å². The third-order valence-corrected chi connectivity index (χ3v) is 5.54. The summed E-state index contributed by atoms with van der Waals surface area (Å²) in [4.78, 5) is 19.0. The van der Waals surface area contributed by atoms with Gasteiger partial charge in [-0.1, -0.05) is 30.3 Å². The number of aliphatic hydroxyl groups is 1. The van der Waals surface area contributed by atoms with Crippen LogP contribution in [0.1, 0.15) is 16.8 Å². The predicted molar refractivity (Wildman–Crippen MR) is 106 cm³/mol. The van der Waals surface area contributed by atoms with Crippen molar-refractivity contribution in [3.63, 3.8) is 0 Å². The second kappa shape index (κ2) is 7.68. The van der Waals surface area contributed by atoms with Crippen LogP contribution in [-0.2, 0) is 17.6 Å². The number of aromatic nitrogens is 1. The molecule has 0 bridgehead atoms. The first-order valence-corrected chi connectivity index (χ1v) is 9.55. The van der Waals surface area contributed by atoms with Gasteiger partial charge in [-0.05, 0) is 48.7 Å². The van der Waals surface area contributed by atoms with Crippen molar-refractivity contribution < 1.29 is 14.3 Å². The summed E-state index contributed by atoms with van der Waals surface area (Å²) in [6.45, 7) is 2.67. The topological polar surface area (TPSA) is 53.4 Å². The highest BCUT2D eigenvalue weighted by atomic mass is 19.1. The Kier molecular flexibility index (Phi) is 5.09. The molecule has 0 radical (unpaired) electrons. The van der Waals surface area contributed by atoms with E-state index in [1.807, 2.05) is 43.3 Å². The number of hydrogen-bond acceptors (Lipinski definition) is 3. The molecule has 28 heavy (non-hydrogen) atoms. The molecule has 2 aromatic carbocycles. The maximum Gasteiger partial charge on any atom is 0.227 e. The van der Waals surface area contributed by atoms with E-state index >= 15 is 0 Å². The Balaban J connectivity index is 1.43. The lowest BCUT2D eigenvalue weighted by Gasteiger charge is -2.17. The molecule has 1 fully saturated rings. The zero-order valence-electron chi connectivity index (χ0n) is 15.8. The molecular formula is C23H23FN2O2. The normalized spacial score (nSPS) is 19.3. The molecule has 1 aromatic heterocycles. The number of carbonyl (C=O) groups excluding carboxylic acids is 1. The first-order valence-electron chi connectivity index (χ1n) is 9.55. The van der Waals surface area contributed by atoms with Gasteiger partial charge in [0.25, 0.3) is 0 Å². The molecule has 0 spiro atoms. The van der Waals surface area contributed by atoms with Crippen molar-refractivity contribution in [1.29, 1.82) is 0 Å². The average Bonchev–Trinajstić information content (AvgIpc) is 3.05. The molecule has 0 aliphatic carbocycles. The molecule has 1 N–H and O–H groups in total. The van der Waals surface area contributed by atoms with Crippen LogP contribution in [0.5, 0.6) is 0 Å². The van der Waals surface area contributed by atoms with Crippen LogP contribution in [-0.4, -0.2) is 40.1 Å². The smallest absolute Gasteiger partial charge is 0.227 e. The molecule has 1 aliphatic rings. The molecule has 1 saturated heterocycles. The Morgan fingerprint density at radius 3 is 2.86 bits per heavy atom. The highest BCUT2D eigenvalue weighted by Gasteiger charge is 2.34. The molecule has 4 rings (SSSR count). The number of hydrogen-bond donors (Lipinski definition) is 1. The molecule has 144 valence electrons. The standard InChI is InChI=1S/C23H23FN2O2/c1-15-6-8-19(24)10-17(15)12-23(28)26-13-18(22(27)14-26)11-20-9-7-16-4-2-3-5-21(16)25-20/h2-10,18,22,27H,11-14H2,1H3/t18-,22-/m1/s1. The number of halogens is 1. The zero-order chi connectivity index (χ0) is 19.7. The summed E-state index contributed by atoms with van der Waals surface area (Å²) >= 11 is 0. The van der Waals surface area contributed by atoms with Crippen molar-refractivity contribution in [3.8, 4) is 0 Å². The lowest BCUT2D eigenvalue weighted by atomic mass is 9.99. The third-order valence-electron chi connectivity index (χ3n) is 5.54. The van der Waals surface area contributed by atoms with Gasteiger partial charge < -0.3 is 10.0 Å². The van der Waals surface area contributed by atoms with E-state index in [2.05, 4.69) is 4.98 Å². The van der Waals surface area contributed by atoms with E-state index in [1.54, 1.807) is 11.0 Å². The molecule has 0 unspecified atom stereocenters. The summed E-state index contributed by atoms with van der Waals surface area (Å²) in [5, 5.41) is 11.5. The van der Waals surface area contributed by atoms with E-state index in [0.717, 1.165) is 22.2 Å². The molecule has 4 nitrogen and oxygen atoms in total. The number of para-hydroxylation sites is 1. The van der Waals surface area contributed by atoms with Crippen LogP contribution < -0.4 is 0 Å². The second-order valence-corrected chi connectivity index (χ2v) is 7.57. The Labute approximate surface area is 163 Å². The van der Waals surface area contributed by atoms with Gasteiger partial charge in [-0.25, -0.2) is 4.39 Å². The van der Waals surface area contributed by atoms with E-state index in [4.69, 9.17) is 0 Å². The summed E-state index contributed by atoms with van der Waals surface area (Å²) in [7, 11) is 0. The Hall–Kier alpha value is -2.79. The van der Waals surface area contributed by atoms with E-state index < -0.39 is 6.10 Å². The Morgan fingerprint density at radius 1 is 1.18 bits per heavy atom. The lowest BCUT2D eigenvalue weighted by molar-refractivity contribution is -0.129. The molecule has 1 amide bonds. The van der Waals surface area contributed by atoms with Crippen molar-refractivity contribution in [2.24, 2.45) is 5.92 Å². The Morgan fingerprint density at radius 2 is 2.00 bits per heavy atom. The van der Waals surface area contributed by atoms with Crippen LogP contribution in [0.3, 0.4) is 0 Å². The van der Waals surface area contributed by atoms with Gasteiger partial charge in [0.2, 0.25) is 5.91 Å². The van der Waals surface area contributed by atoms with Crippen LogP contribution in [0.25, 0.3) is 10.9 Å². The molecule has 1 aliphatic heterocycles. The van der Waals surface area contributed by atoms with Gasteiger partial charge in [0.1, 0.15) is 5.82 Å². The second-order valence-electron chi connectivity index (χ2n) is 7.57. The van der Waals surface area contributed by atoms with E-state index in [1.165, 1.54) is 12.1 Å². The van der Waals surface area contributed by atoms with E-state index in [0.29, 0.717) is 25.1 Å². The predicted octanol–water partition coefficient (Wildman–Crippen LogP) is 3.29. The fraction of sp³-hybridized carbons (Fsp3) is 0.304. The number of likely N-dealkylation sites (tertiary alicyclic amines) is 1. The molecule has 2 atom stereocenters. The minimum atomic E-state index is -0.578. The number of carbonyl (C=O) groups is 1. The number of nitrogens with zero attached hydrogens (tertiary/aromatic N) is 2. The summed E-state index contributed by atoms with van der Waals surface area (Å²) in [5.41, 5.74) is 3.44. The van der Waals surface area contributed by atoms with Gasteiger partial charge in [0, 0.05) is 30.1 Å². The maximum absolute atomic E-state index is 13.5. The highest BCUT2D eigenvalue weighted by Crippen LogP contribution is 2.23. The monoisotopic (exact) mass is 378 g/mol. The quantitative estimate of drug-likeness (QED) is 0.758. The number of rotatable bonds is 4. The van der Waals surface area contributed by atoms with Crippen LogP contribution >= 0.6 is 0 Å². The van der Waals surface area contributed by atoms with Gasteiger partial charge in [-0.3, -0.25) is 9.78 Å². The minimum Gasteiger partial charge on any atom is -0.391 e. The van der Waals surface area contributed by atoms with Crippen molar-refractivity contribution in [1.82, 2.24) is 9.88 Å². The molecule has 3 aromatic rings. The summed E-state index contributed by atoms with van der Waals surface area (Å²) in [6.07, 6.45) is 0.192. The zero-order valence-corrected chi connectivity index (χ0v) is 15.8. The minimum absolute atomic E-state index is 0.0498. The van der Waals surface area contributed by atoms with Crippen molar-refractivity contribution in [3.05, 3.63) is 77.2 Å². The van der Waals surface area contributed by atoms with Crippen LogP contribution in [0.4, 0.5) is 4.39 Å². The highest BCUT2D eigenvalue weighted by molar-refractivity contribution is 5.80. The number of aliphatic hydroxyl groups excluding tert-OH is 1. The molecular weight excluding hydrogens is 355 g/mol. The van der Waals surface area contributed by atoms with Crippen molar-refractivity contribution >= 4 is 16.8 Å². The largest absolute Gasteiger partial charge is 0.391 e. The first kappa shape index (κ1) is 18.6. The number of β-amino-alcohol motifs (C(OH)–C–C–N with tert-alkyl or cyclic N) is 1. The summed E-state index contributed by atoms with van der Waals surface area (Å²) in [6, 6.07) is 16.4. The van der Waals surface area contributed by atoms with Gasteiger partial charge in [-0.15, -0.1) is 0 Å². The number of fused-ring (bicyclic) bond motifs is 1. The summed E-state index contributed by atoms with van der Waals surface area (Å²) < 4.78 is 13.5. The van der Waals surface area contributed by atoms with Crippen LogP contribution in [0.15, 0.2) is 54.6 Å². The van der Waals surface area contributed by atoms with E-state index in [9.17, 15) is 14.3 Å². The van der Waals surface area contributed by atoms with Gasteiger partial charge in [-0.2, -0.15) is 0 Å². The Bertz CT molecular complexity index is 1020. The van der Waals surface area contributed by atoms with Gasteiger partial charge >= 0.3 is 0 Å². The third kappa shape index (κ3) is 3.90. The molecule has 2 heterocycles. The van der Waals surface area contributed by atoms with Crippen molar-refractivity contribution in [2.75, 3.05) is 13.1 Å². The van der Waals surface area contributed by atoms with Gasteiger partial charge in [0.05, 0.1) is 18.0 Å². The van der Waals surface area contributed by atoms with Crippen LogP contribution in [0, 0.1) is 18.7 Å². The van der Waals surface area contributed by atoms with Crippen molar-refractivity contribution in [2.45, 2.75) is 25.9 Å².